The quantitative estimate of drug-likeness (QED) is 0.132. The summed E-state index contributed by atoms with van der Waals surface area (Å²) in [6.07, 6.45) is 1.43. The Labute approximate surface area is 213 Å². The Bertz CT molecular complexity index is 1590. The van der Waals surface area contributed by atoms with E-state index in [1.54, 1.807) is 30.3 Å². The molecule has 2 aromatic heterocycles. The molecule has 8 nitrogen and oxygen atoms in total. The molecule has 0 N–H and O–H groups in total. The van der Waals surface area contributed by atoms with E-state index in [2.05, 4.69) is 10.1 Å². The number of carbonyl (C=O) groups excluding carboxylic acids is 1. The van der Waals surface area contributed by atoms with Crippen LogP contribution in [0.2, 0.25) is 0 Å². The van der Waals surface area contributed by atoms with Gasteiger partial charge in [-0.1, -0.05) is 53.0 Å². The number of carbonyl (C=O) groups is 1. The topological polar surface area (TPSA) is 97.9 Å². The van der Waals surface area contributed by atoms with Crippen LogP contribution in [0.1, 0.15) is 20.8 Å². The van der Waals surface area contributed by atoms with Crippen LogP contribution in [0.3, 0.4) is 0 Å². The SMILES string of the molecule is Cc1ccc2nc(N(/N=C/c3ccc([N+](=O)[O-])s3)C(=O)c3cccc(Oc4ccccc4)c3)sc2c1. The Morgan fingerprint density at radius 2 is 1.81 bits per heavy atom. The highest BCUT2D eigenvalue weighted by Crippen LogP contribution is 2.32. The molecule has 1 amide bonds. The van der Waals surface area contributed by atoms with Crippen molar-refractivity contribution in [3.05, 3.63) is 111 Å². The van der Waals surface area contributed by atoms with Crippen LogP contribution in [-0.4, -0.2) is 22.0 Å². The van der Waals surface area contributed by atoms with Crippen LogP contribution < -0.4 is 9.75 Å². The number of benzene rings is 3. The van der Waals surface area contributed by atoms with E-state index in [1.807, 2.05) is 55.5 Å². The van der Waals surface area contributed by atoms with Crippen molar-refractivity contribution in [1.82, 2.24) is 4.98 Å². The average Bonchev–Trinajstić information content (AvgIpc) is 3.52. The van der Waals surface area contributed by atoms with Crippen molar-refractivity contribution in [2.24, 2.45) is 5.10 Å². The minimum atomic E-state index is -0.459. The summed E-state index contributed by atoms with van der Waals surface area (Å²) in [5.41, 5.74) is 2.19. The van der Waals surface area contributed by atoms with Gasteiger partial charge in [-0.3, -0.25) is 14.9 Å². The first-order chi connectivity index (χ1) is 17.5. The van der Waals surface area contributed by atoms with Crippen molar-refractivity contribution in [2.45, 2.75) is 6.92 Å². The molecule has 0 fully saturated rings. The molecule has 36 heavy (non-hydrogen) atoms. The summed E-state index contributed by atoms with van der Waals surface area (Å²) < 4.78 is 6.81. The fraction of sp³-hybridized carbons (Fsp3) is 0.0385. The van der Waals surface area contributed by atoms with E-state index in [9.17, 15) is 14.9 Å². The molecule has 0 unspecified atom stereocenters. The number of nitrogens with zero attached hydrogens (tertiary/aromatic N) is 4. The Balaban J connectivity index is 1.50. The zero-order valence-electron chi connectivity index (χ0n) is 18.9. The number of ether oxygens (including phenoxy) is 1. The highest BCUT2D eigenvalue weighted by atomic mass is 32.1. The molecule has 0 atom stereocenters. The van der Waals surface area contributed by atoms with E-state index < -0.39 is 10.8 Å². The summed E-state index contributed by atoms with van der Waals surface area (Å²) in [6, 6.07) is 24.9. The van der Waals surface area contributed by atoms with Gasteiger partial charge in [0.15, 0.2) is 0 Å². The first-order valence-electron chi connectivity index (χ1n) is 10.8. The number of thiophene rings is 1. The molecule has 0 saturated carbocycles. The lowest BCUT2D eigenvalue weighted by atomic mass is 10.2. The number of nitro groups is 1. The molecule has 178 valence electrons. The van der Waals surface area contributed by atoms with Crippen molar-refractivity contribution in [3.8, 4) is 11.5 Å². The van der Waals surface area contributed by atoms with Crippen LogP contribution in [0.5, 0.6) is 11.5 Å². The fourth-order valence-corrected chi connectivity index (χ4v) is 5.07. The number of fused-ring (bicyclic) bond motifs is 1. The summed E-state index contributed by atoms with van der Waals surface area (Å²) in [6.45, 7) is 1.99. The lowest BCUT2D eigenvalue weighted by molar-refractivity contribution is -0.380. The van der Waals surface area contributed by atoms with Crippen LogP contribution in [-0.2, 0) is 0 Å². The van der Waals surface area contributed by atoms with Crippen LogP contribution >= 0.6 is 22.7 Å². The standard InChI is InChI=1S/C26H18N4O4S2/c1-17-10-12-22-23(14-17)36-26(28-22)29(27-16-21-11-13-24(35-21)30(32)33)25(31)18-6-5-9-20(15-18)34-19-7-3-2-4-8-19/h2-16H,1H3/b27-16+. The average molecular weight is 515 g/mol. The van der Waals surface area contributed by atoms with Gasteiger partial charge in [-0.15, -0.1) is 0 Å². The number of amides is 1. The van der Waals surface area contributed by atoms with E-state index in [0.29, 0.717) is 27.1 Å². The second kappa shape index (κ2) is 10.1. The molecule has 10 heteroatoms. The molecule has 0 spiro atoms. The van der Waals surface area contributed by atoms with Crippen LogP contribution in [0.15, 0.2) is 90.0 Å². The summed E-state index contributed by atoms with van der Waals surface area (Å²) in [5.74, 6) is 0.745. The van der Waals surface area contributed by atoms with Crippen molar-refractivity contribution in [1.29, 1.82) is 0 Å². The number of hydrogen-bond donors (Lipinski definition) is 0. The third-order valence-corrected chi connectivity index (χ3v) is 7.02. The minimum Gasteiger partial charge on any atom is -0.457 e. The van der Waals surface area contributed by atoms with Gasteiger partial charge in [0.05, 0.1) is 26.2 Å². The molecule has 0 bridgehead atoms. The third kappa shape index (κ3) is 5.14. The molecule has 5 rings (SSSR count). The third-order valence-electron chi connectivity index (χ3n) is 5.06. The van der Waals surface area contributed by atoms with Gasteiger partial charge in [-0.25, -0.2) is 4.98 Å². The lowest BCUT2D eigenvalue weighted by Crippen LogP contribution is -2.25. The molecule has 2 heterocycles. The van der Waals surface area contributed by atoms with Crippen molar-refractivity contribution in [3.63, 3.8) is 0 Å². The van der Waals surface area contributed by atoms with Gasteiger partial charge in [0.25, 0.3) is 5.91 Å². The Hall–Kier alpha value is -4.41. The molecular weight excluding hydrogens is 496 g/mol. The highest BCUT2D eigenvalue weighted by molar-refractivity contribution is 7.22. The van der Waals surface area contributed by atoms with Gasteiger partial charge >= 0.3 is 5.00 Å². The highest BCUT2D eigenvalue weighted by Gasteiger charge is 2.22. The lowest BCUT2D eigenvalue weighted by Gasteiger charge is -2.14. The van der Waals surface area contributed by atoms with Gasteiger partial charge in [-0.2, -0.15) is 10.1 Å². The second-order valence-corrected chi connectivity index (χ2v) is 9.81. The molecule has 0 aliphatic rings. The summed E-state index contributed by atoms with van der Waals surface area (Å²) >= 11 is 2.31. The number of para-hydroxylation sites is 1. The van der Waals surface area contributed by atoms with Crippen LogP contribution in [0, 0.1) is 17.0 Å². The smallest absolute Gasteiger partial charge is 0.324 e. The number of aryl methyl sites for hydroxylation is 1. The maximum atomic E-state index is 13.6. The van der Waals surface area contributed by atoms with E-state index in [-0.39, 0.29) is 5.00 Å². The van der Waals surface area contributed by atoms with Gasteiger partial charge in [0.1, 0.15) is 11.5 Å². The number of rotatable bonds is 7. The monoisotopic (exact) mass is 514 g/mol. The van der Waals surface area contributed by atoms with E-state index >= 15 is 0 Å². The van der Waals surface area contributed by atoms with Gasteiger partial charge in [0.2, 0.25) is 5.13 Å². The summed E-state index contributed by atoms with van der Waals surface area (Å²) in [7, 11) is 0. The normalized spacial score (nSPS) is 11.1. The van der Waals surface area contributed by atoms with Crippen LogP contribution in [0.4, 0.5) is 10.1 Å². The number of hydrogen-bond acceptors (Lipinski definition) is 8. The Morgan fingerprint density at radius 1 is 1.00 bits per heavy atom. The first kappa shape index (κ1) is 23.3. The predicted molar refractivity (Wildman–Crippen MR) is 143 cm³/mol. The molecule has 5 aromatic rings. The summed E-state index contributed by atoms with van der Waals surface area (Å²) in [4.78, 5) is 29.4. The van der Waals surface area contributed by atoms with Crippen molar-refractivity contribution < 1.29 is 14.5 Å². The Kier molecular flexibility index (Phi) is 6.52. The number of anilines is 1. The van der Waals surface area contributed by atoms with E-state index in [4.69, 9.17) is 4.74 Å². The van der Waals surface area contributed by atoms with Crippen LogP contribution in [0.25, 0.3) is 10.2 Å². The minimum absolute atomic E-state index is 0.00412. The molecule has 0 saturated heterocycles. The second-order valence-electron chi connectivity index (χ2n) is 7.71. The van der Waals surface area contributed by atoms with Gasteiger partial charge < -0.3 is 4.74 Å². The molecule has 0 aliphatic heterocycles. The first-order valence-corrected chi connectivity index (χ1v) is 12.4. The fourth-order valence-electron chi connectivity index (χ4n) is 3.36. The molecule has 0 radical (unpaired) electrons. The van der Waals surface area contributed by atoms with Gasteiger partial charge in [-0.05, 0) is 61.0 Å². The largest absolute Gasteiger partial charge is 0.457 e. The predicted octanol–water partition coefficient (Wildman–Crippen LogP) is 7.05. The molecule has 0 aliphatic carbocycles. The maximum absolute atomic E-state index is 13.6. The van der Waals surface area contributed by atoms with Crippen molar-refractivity contribution in [2.75, 3.05) is 5.01 Å². The molecular formula is C26H18N4O4S2. The van der Waals surface area contributed by atoms with Crippen molar-refractivity contribution >= 4 is 55.1 Å². The zero-order chi connectivity index (χ0) is 25.1. The summed E-state index contributed by atoms with van der Waals surface area (Å²) in [5, 5.41) is 17.0. The maximum Gasteiger partial charge on any atom is 0.324 e. The van der Waals surface area contributed by atoms with E-state index in [1.165, 1.54) is 28.6 Å². The number of aromatic nitrogens is 1. The van der Waals surface area contributed by atoms with E-state index in [0.717, 1.165) is 27.1 Å². The molecule has 3 aromatic carbocycles. The zero-order valence-corrected chi connectivity index (χ0v) is 20.5. The number of hydrazone groups is 1. The van der Waals surface area contributed by atoms with Gasteiger partial charge in [0, 0.05) is 11.6 Å². The Morgan fingerprint density at radius 3 is 2.58 bits per heavy atom. The number of thiazole rings is 1.